The standard InChI is InChI=1S/C24H35N5O2.HI/c1-18(20-9-11-22(31-5)12-10-20)13-14-26-24(25-2)27-16-19-7-6-8-21(15-19)28-23(30)17-29(3)4;/h6-12,15,18H,13-14,16-17H2,1-5H3,(H,28,30)(H2,25,26,27);1H. The quantitative estimate of drug-likeness (QED) is 0.238. The van der Waals surface area contributed by atoms with E-state index in [0.29, 0.717) is 19.0 Å². The van der Waals surface area contributed by atoms with Crippen molar-refractivity contribution in [2.45, 2.75) is 25.8 Å². The van der Waals surface area contributed by atoms with Crippen molar-refractivity contribution in [2.75, 3.05) is 46.7 Å². The maximum absolute atomic E-state index is 12.0. The van der Waals surface area contributed by atoms with Gasteiger partial charge in [0.1, 0.15) is 5.75 Å². The van der Waals surface area contributed by atoms with E-state index in [2.05, 4.69) is 40.0 Å². The predicted molar refractivity (Wildman–Crippen MR) is 143 cm³/mol. The molecule has 3 N–H and O–H groups in total. The average molecular weight is 553 g/mol. The van der Waals surface area contributed by atoms with Gasteiger partial charge in [0.25, 0.3) is 0 Å². The van der Waals surface area contributed by atoms with Crippen LogP contribution in [0.15, 0.2) is 53.5 Å². The van der Waals surface area contributed by atoms with Crippen LogP contribution in [0.2, 0.25) is 0 Å². The molecule has 2 aromatic carbocycles. The van der Waals surface area contributed by atoms with Crippen molar-refractivity contribution in [3.05, 3.63) is 59.7 Å². The van der Waals surface area contributed by atoms with Crippen LogP contribution in [0, 0.1) is 0 Å². The molecular formula is C24H36IN5O2. The summed E-state index contributed by atoms with van der Waals surface area (Å²) in [5.74, 6) is 2.03. The lowest BCUT2D eigenvalue weighted by Crippen LogP contribution is -2.37. The summed E-state index contributed by atoms with van der Waals surface area (Å²) in [6, 6.07) is 16.0. The van der Waals surface area contributed by atoms with Gasteiger partial charge in [-0.15, -0.1) is 24.0 Å². The van der Waals surface area contributed by atoms with Gasteiger partial charge < -0.3 is 25.6 Å². The highest BCUT2D eigenvalue weighted by Crippen LogP contribution is 2.21. The van der Waals surface area contributed by atoms with Crippen LogP contribution in [0.4, 0.5) is 5.69 Å². The van der Waals surface area contributed by atoms with Gasteiger partial charge in [0.05, 0.1) is 13.7 Å². The molecular weight excluding hydrogens is 517 g/mol. The summed E-state index contributed by atoms with van der Waals surface area (Å²) in [7, 11) is 7.19. The van der Waals surface area contributed by atoms with Gasteiger partial charge >= 0.3 is 0 Å². The summed E-state index contributed by atoms with van der Waals surface area (Å²) < 4.78 is 5.22. The van der Waals surface area contributed by atoms with E-state index in [-0.39, 0.29) is 29.9 Å². The molecule has 8 heteroatoms. The van der Waals surface area contributed by atoms with E-state index in [1.54, 1.807) is 14.2 Å². The molecule has 0 aliphatic heterocycles. The second-order valence-electron chi connectivity index (χ2n) is 7.80. The number of likely N-dealkylation sites (N-methyl/N-ethyl adjacent to an activating group) is 1. The Morgan fingerprint density at radius 1 is 1.12 bits per heavy atom. The highest BCUT2D eigenvalue weighted by atomic mass is 127. The van der Waals surface area contributed by atoms with Crippen molar-refractivity contribution < 1.29 is 9.53 Å². The SMILES string of the molecule is CN=C(NCCC(C)c1ccc(OC)cc1)NCc1cccc(NC(=O)CN(C)C)c1.I. The molecule has 0 aliphatic carbocycles. The highest BCUT2D eigenvalue weighted by Gasteiger charge is 2.07. The number of guanidine groups is 1. The van der Waals surface area contributed by atoms with Gasteiger partial charge in [-0.1, -0.05) is 31.2 Å². The number of methoxy groups -OCH3 is 1. The molecule has 0 saturated carbocycles. The number of nitrogens with zero attached hydrogens (tertiary/aromatic N) is 2. The van der Waals surface area contributed by atoms with E-state index < -0.39 is 0 Å². The number of nitrogens with one attached hydrogen (secondary N) is 3. The summed E-state index contributed by atoms with van der Waals surface area (Å²) in [6.07, 6.45) is 0.987. The lowest BCUT2D eigenvalue weighted by molar-refractivity contribution is -0.116. The normalized spacial score (nSPS) is 12.0. The number of hydrogen-bond acceptors (Lipinski definition) is 4. The van der Waals surface area contributed by atoms with E-state index in [9.17, 15) is 4.79 Å². The van der Waals surface area contributed by atoms with Gasteiger partial charge in [-0.25, -0.2) is 0 Å². The minimum Gasteiger partial charge on any atom is -0.497 e. The molecule has 7 nitrogen and oxygen atoms in total. The van der Waals surface area contributed by atoms with Crippen LogP contribution in [0.3, 0.4) is 0 Å². The molecule has 1 atom stereocenters. The van der Waals surface area contributed by atoms with Crippen molar-refractivity contribution >= 4 is 41.5 Å². The second-order valence-corrected chi connectivity index (χ2v) is 7.80. The van der Waals surface area contributed by atoms with Crippen LogP contribution in [0.25, 0.3) is 0 Å². The number of anilines is 1. The number of rotatable bonds is 10. The predicted octanol–water partition coefficient (Wildman–Crippen LogP) is 3.67. The maximum atomic E-state index is 12.0. The van der Waals surface area contributed by atoms with Crippen molar-refractivity contribution in [1.82, 2.24) is 15.5 Å². The number of carbonyl (C=O) groups excluding carboxylic acids is 1. The van der Waals surface area contributed by atoms with Gasteiger partial charge in [-0.3, -0.25) is 9.79 Å². The van der Waals surface area contributed by atoms with E-state index in [0.717, 1.165) is 35.9 Å². The first-order valence-electron chi connectivity index (χ1n) is 10.5. The molecule has 0 spiro atoms. The van der Waals surface area contributed by atoms with Crippen LogP contribution < -0.4 is 20.7 Å². The van der Waals surface area contributed by atoms with Crippen molar-refractivity contribution in [3.63, 3.8) is 0 Å². The molecule has 0 radical (unpaired) electrons. The van der Waals surface area contributed by atoms with E-state index in [4.69, 9.17) is 4.74 Å². The summed E-state index contributed by atoms with van der Waals surface area (Å²) in [5.41, 5.74) is 3.15. The first-order valence-corrected chi connectivity index (χ1v) is 10.5. The fourth-order valence-corrected chi connectivity index (χ4v) is 3.16. The Bertz CT molecular complexity index is 856. The topological polar surface area (TPSA) is 78.0 Å². The maximum Gasteiger partial charge on any atom is 0.238 e. The Kier molecular flexibility index (Phi) is 12.7. The number of halogens is 1. The zero-order valence-electron chi connectivity index (χ0n) is 19.6. The lowest BCUT2D eigenvalue weighted by atomic mass is 9.98. The fraction of sp³-hybridized carbons (Fsp3) is 0.417. The number of hydrogen-bond donors (Lipinski definition) is 3. The molecule has 2 aromatic rings. The van der Waals surface area contributed by atoms with E-state index in [1.807, 2.05) is 55.4 Å². The molecule has 0 aliphatic rings. The second kappa shape index (κ2) is 14.7. The number of amides is 1. The molecule has 176 valence electrons. The third-order valence-electron chi connectivity index (χ3n) is 4.91. The number of ether oxygens (including phenoxy) is 1. The molecule has 0 fully saturated rings. The number of carbonyl (C=O) groups is 1. The molecule has 0 aromatic heterocycles. The van der Waals surface area contributed by atoms with Crippen LogP contribution in [0.5, 0.6) is 5.75 Å². The Labute approximate surface area is 209 Å². The molecule has 0 bridgehead atoms. The van der Waals surface area contributed by atoms with Gasteiger partial charge in [0, 0.05) is 25.8 Å². The molecule has 0 saturated heterocycles. The third kappa shape index (κ3) is 9.86. The van der Waals surface area contributed by atoms with Crippen LogP contribution in [-0.4, -0.2) is 58.1 Å². The largest absolute Gasteiger partial charge is 0.497 e. The summed E-state index contributed by atoms with van der Waals surface area (Å²) in [6.45, 7) is 4.00. The van der Waals surface area contributed by atoms with Crippen molar-refractivity contribution in [1.29, 1.82) is 0 Å². The van der Waals surface area contributed by atoms with Crippen LogP contribution in [0.1, 0.15) is 30.4 Å². The Hall–Kier alpha value is -2.33. The zero-order valence-corrected chi connectivity index (χ0v) is 22.0. The van der Waals surface area contributed by atoms with Gasteiger partial charge in [-0.2, -0.15) is 0 Å². The van der Waals surface area contributed by atoms with Gasteiger partial charge in [0.15, 0.2) is 5.96 Å². The molecule has 32 heavy (non-hydrogen) atoms. The Balaban J connectivity index is 0.00000512. The summed E-state index contributed by atoms with van der Waals surface area (Å²) >= 11 is 0. The van der Waals surface area contributed by atoms with Gasteiger partial charge in [-0.05, 0) is 61.8 Å². The number of benzene rings is 2. The lowest BCUT2D eigenvalue weighted by Gasteiger charge is -2.16. The number of aliphatic imine (C=N–C) groups is 1. The van der Waals surface area contributed by atoms with Crippen LogP contribution >= 0.6 is 24.0 Å². The minimum absolute atomic E-state index is 0. The molecule has 2 rings (SSSR count). The minimum atomic E-state index is -0.0291. The Morgan fingerprint density at radius 2 is 1.84 bits per heavy atom. The first-order chi connectivity index (χ1) is 14.9. The third-order valence-corrected chi connectivity index (χ3v) is 4.91. The zero-order chi connectivity index (χ0) is 22.6. The average Bonchev–Trinajstić information content (AvgIpc) is 2.75. The smallest absolute Gasteiger partial charge is 0.238 e. The van der Waals surface area contributed by atoms with Crippen LogP contribution in [-0.2, 0) is 11.3 Å². The molecule has 1 amide bonds. The molecule has 1 unspecified atom stereocenters. The highest BCUT2D eigenvalue weighted by molar-refractivity contribution is 14.0. The van der Waals surface area contributed by atoms with Crippen molar-refractivity contribution in [3.8, 4) is 5.75 Å². The van der Waals surface area contributed by atoms with E-state index >= 15 is 0 Å². The first kappa shape index (κ1) is 27.7. The fourth-order valence-electron chi connectivity index (χ4n) is 3.16. The van der Waals surface area contributed by atoms with Crippen molar-refractivity contribution in [2.24, 2.45) is 4.99 Å². The Morgan fingerprint density at radius 3 is 2.47 bits per heavy atom. The van der Waals surface area contributed by atoms with E-state index in [1.165, 1.54) is 5.56 Å². The summed E-state index contributed by atoms with van der Waals surface area (Å²) in [4.78, 5) is 18.1. The van der Waals surface area contributed by atoms with Gasteiger partial charge in [0.2, 0.25) is 5.91 Å². The summed E-state index contributed by atoms with van der Waals surface area (Å²) in [5, 5.41) is 9.62. The monoisotopic (exact) mass is 553 g/mol. The molecule has 0 heterocycles.